The average molecular weight is 185 g/mol. The van der Waals surface area contributed by atoms with Crippen LogP contribution in [-0.2, 0) is 4.74 Å². The summed E-state index contributed by atoms with van der Waals surface area (Å²) in [6.07, 6.45) is 2.30. The Hall–Kier alpha value is -0.120. The van der Waals surface area contributed by atoms with Crippen LogP contribution in [-0.4, -0.2) is 35.0 Å². The largest absolute Gasteiger partial charge is 0.394 e. The van der Waals surface area contributed by atoms with Gasteiger partial charge in [0.25, 0.3) is 0 Å². The van der Waals surface area contributed by atoms with Crippen molar-refractivity contribution in [3.8, 4) is 0 Å². The molecule has 76 valence electrons. The highest BCUT2D eigenvalue weighted by Gasteiger charge is 2.53. The lowest BCUT2D eigenvalue weighted by atomic mass is 9.97. The van der Waals surface area contributed by atoms with Gasteiger partial charge in [0.15, 0.2) is 0 Å². The molecular weight excluding hydrogens is 166 g/mol. The molecule has 2 saturated heterocycles. The molecule has 3 atom stereocenters. The predicted molar refractivity (Wildman–Crippen MR) is 50.6 cm³/mol. The Balaban J connectivity index is 1.70. The van der Waals surface area contributed by atoms with Crippen molar-refractivity contribution in [1.29, 1.82) is 0 Å². The van der Waals surface area contributed by atoms with Gasteiger partial charge in [-0.05, 0) is 33.6 Å². The Labute approximate surface area is 79.5 Å². The quantitative estimate of drug-likeness (QED) is 0.633. The lowest BCUT2D eigenvalue weighted by Crippen LogP contribution is -2.14. The number of nitrogens with one attached hydrogen (secondary N) is 1. The van der Waals surface area contributed by atoms with Crippen LogP contribution >= 0.6 is 0 Å². The maximum atomic E-state index is 8.88. The highest BCUT2D eigenvalue weighted by Crippen LogP contribution is 2.42. The monoisotopic (exact) mass is 185 g/mol. The number of epoxide rings is 1. The zero-order valence-corrected chi connectivity index (χ0v) is 8.63. The third-order valence-electron chi connectivity index (χ3n) is 3.46. The zero-order chi connectivity index (χ0) is 9.69. The van der Waals surface area contributed by atoms with E-state index >= 15 is 0 Å². The van der Waals surface area contributed by atoms with Gasteiger partial charge in [0.05, 0.1) is 12.2 Å². The zero-order valence-electron chi connectivity index (χ0n) is 8.63. The van der Waals surface area contributed by atoms with Crippen LogP contribution in [0.1, 0.15) is 33.6 Å². The fraction of sp³-hybridized carbons (Fsp3) is 1.00. The van der Waals surface area contributed by atoms with E-state index in [1.807, 2.05) is 0 Å². The van der Waals surface area contributed by atoms with Crippen LogP contribution in [0.15, 0.2) is 0 Å². The summed E-state index contributed by atoms with van der Waals surface area (Å²) in [5.74, 6) is 0. The first-order valence-corrected chi connectivity index (χ1v) is 5.04. The van der Waals surface area contributed by atoms with E-state index in [0.717, 1.165) is 12.8 Å². The minimum atomic E-state index is -0.0326. The molecule has 13 heavy (non-hydrogen) atoms. The Morgan fingerprint density at radius 3 is 2.38 bits per heavy atom. The Morgan fingerprint density at radius 1 is 1.38 bits per heavy atom. The fourth-order valence-corrected chi connectivity index (χ4v) is 2.01. The van der Waals surface area contributed by atoms with Crippen LogP contribution < -0.4 is 5.32 Å². The third kappa shape index (κ3) is 1.73. The van der Waals surface area contributed by atoms with Crippen molar-refractivity contribution in [2.45, 2.75) is 56.9 Å². The van der Waals surface area contributed by atoms with Gasteiger partial charge in [0.1, 0.15) is 6.10 Å². The normalized spacial score (nSPS) is 46.2. The molecule has 0 radical (unpaired) electrons. The number of rotatable bonds is 4. The summed E-state index contributed by atoms with van der Waals surface area (Å²) in [5, 5.41) is 12.3. The van der Waals surface area contributed by atoms with E-state index in [-0.39, 0.29) is 18.3 Å². The van der Waals surface area contributed by atoms with E-state index in [9.17, 15) is 0 Å². The first-order valence-electron chi connectivity index (χ1n) is 5.04. The van der Waals surface area contributed by atoms with Gasteiger partial charge in [-0.1, -0.05) is 0 Å². The molecule has 3 nitrogen and oxygen atoms in total. The SMILES string of the molecule is CC1(C)N[C@@H]1CC[C@@]1(C)O[C@@H]1CO. The predicted octanol–water partition coefficient (Wildman–Crippen LogP) is 0.667. The van der Waals surface area contributed by atoms with Gasteiger partial charge < -0.3 is 15.2 Å². The summed E-state index contributed by atoms with van der Waals surface area (Å²) >= 11 is 0. The van der Waals surface area contributed by atoms with Gasteiger partial charge in [0, 0.05) is 11.6 Å². The van der Waals surface area contributed by atoms with Crippen molar-refractivity contribution < 1.29 is 9.84 Å². The van der Waals surface area contributed by atoms with E-state index < -0.39 is 0 Å². The molecule has 0 aromatic rings. The van der Waals surface area contributed by atoms with Gasteiger partial charge >= 0.3 is 0 Å². The molecule has 0 bridgehead atoms. The Kier molecular flexibility index (Phi) is 1.95. The van der Waals surface area contributed by atoms with Crippen LogP contribution in [0.3, 0.4) is 0 Å². The van der Waals surface area contributed by atoms with Crippen molar-refractivity contribution in [2.75, 3.05) is 6.61 Å². The van der Waals surface area contributed by atoms with Crippen molar-refractivity contribution in [2.24, 2.45) is 0 Å². The second kappa shape index (κ2) is 2.69. The lowest BCUT2D eigenvalue weighted by molar-refractivity contribution is 0.234. The average Bonchev–Trinajstić information content (AvgIpc) is 2.87. The highest BCUT2D eigenvalue weighted by molar-refractivity contribution is 5.09. The molecule has 0 aromatic heterocycles. The molecule has 0 spiro atoms. The molecule has 0 aliphatic carbocycles. The molecule has 2 fully saturated rings. The minimum absolute atomic E-state index is 0.0326. The molecule has 0 amide bonds. The van der Waals surface area contributed by atoms with Crippen LogP contribution in [0.2, 0.25) is 0 Å². The molecule has 2 rings (SSSR count). The van der Waals surface area contributed by atoms with Gasteiger partial charge in [-0.2, -0.15) is 0 Å². The molecule has 2 aliphatic heterocycles. The summed E-state index contributed by atoms with van der Waals surface area (Å²) in [5.41, 5.74) is 0.301. The number of hydrogen-bond donors (Lipinski definition) is 2. The maximum absolute atomic E-state index is 8.88. The van der Waals surface area contributed by atoms with E-state index in [0.29, 0.717) is 11.6 Å². The first-order chi connectivity index (χ1) is 5.98. The second-order valence-corrected chi connectivity index (χ2v) is 5.06. The summed E-state index contributed by atoms with van der Waals surface area (Å²) < 4.78 is 5.42. The summed E-state index contributed by atoms with van der Waals surface area (Å²) in [4.78, 5) is 0. The Morgan fingerprint density at radius 2 is 2.00 bits per heavy atom. The number of ether oxygens (including phenoxy) is 1. The van der Waals surface area contributed by atoms with Gasteiger partial charge in [-0.15, -0.1) is 0 Å². The smallest absolute Gasteiger partial charge is 0.110 e. The van der Waals surface area contributed by atoms with Gasteiger partial charge in [0.2, 0.25) is 0 Å². The first kappa shape index (κ1) is 9.44. The standard InChI is InChI=1S/C10H19NO2/c1-9(2)7(11-9)4-5-10(3)8(6-12)13-10/h7-8,11-12H,4-6H2,1-3H3/t7-,8-,10-/m1/s1. The van der Waals surface area contributed by atoms with E-state index in [2.05, 4.69) is 26.1 Å². The molecule has 2 heterocycles. The molecular formula is C10H19NO2. The highest BCUT2D eigenvalue weighted by atomic mass is 16.6. The molecule has 0 saturated carbocycles. The van der Waals surface area contributed by atoms with Gasteiger partial charge in [-0.3, -0.25) is 0 Å². The Bertz CT molecular complexity index is 217. The van der Waals surface area contributed by atoms with Crippen LogP contribution in [0.4, 0.5) is 0 Å². The number of hydrogen-bond acceptors (Lipinski definition) is 3. The van der Waals surface area contributed by atoms with E-state index in [4.69, 9.17) is 9.84 Å². The number of aliphatic hydroxyl groups excluding tert-OH is 1. The van der Waals surface area contributed by atoms with Crippen molar-refractivity contribution in [1.82, 2.24) is 5.32 Å². The molecule has 0 unspecified atom stereocenters. The fourth-order valence-electron chi connectivity index (χ4n) is 2.01. The molecule has 2 aliphatic rings. The van der Waals surface area contributed by atoms with Crippen LogP contribution in [0.5, 0.6) is 0 Å². The molecule has 2 N–H and O–H groups in total. The molecule has 3 heteroatoms. The third-order valence-corrected chi connectivity index (χ3v) is 3.46. The second-order valence-electron chi connectivity index (χ2n) is 5.06. The number of aliphatic hydroxyl groups is 1. The molecule has 0 aromatic carbocycles. The van der Waals surface area contributed by atoms with Crippen molar-refractivity contribution in [3.05, 3.63) is 0 Å². The van der Waals surface area contributed by atoms with E-state index in [1.54, 1.807) is 0 Å². The van der Waals surface area contributed by atoms with E-state index in [1.165, 1.54) is 0 Å². The summed E-state index contributed by atoms with van der Waals surface area (Å²) in [6, 6.07) is 0.646. The minimum Gasteiger partial charge on any atom is -0.394 e. The lowest BCUT2D eigenvalue weighted by Gasteiger charge is -2.05. The topological polar surface area (TPSA) is 54.7 Å². The summed E-state index contributed by atoms with van der Waals surface area (Å²) in [7, 11) is 0. The summed E-state index contributed by atoms with van der Waals surface area (Å²) in [6.45, 7) is 6.69. The van der Waals surface area contributed by atoms with Gasteiger partial charge in [-0.25, -0.2) is 0 Å². The van der Waals surface area contributed by atoms with Crippen LogP contribution in [0.25, 0.3) is 0 Å². The van der Waals surface area contributed by atoms with Crippen molar-refractivity contribution >= 4 is 0 Å². The maximum Gasteiger partial charge on any atom is 0.110 e. The van der Waals surface area contributed by atoms with Crippen molar-refractivity contribution in [3.63, 3.8) is 0 Å². The van der Waals surface area contributed by atoms with Crippen LogP contribution in [0, 0.1) is 0 Å².